The van der Waals surface area contributed by atoms with Gasteiger partial charge in [-0.15, -0.1) is 0 Å². The molecule has 0 saturated carbocycles. The molecule has 2 saturated heterocycles. The molecule has 2 aliphatic heterocycles. The number of hydrogen-bond donors (Lipinski definition) is 1. The fourth-order valence-corrected chi connectivity index (χ4v) is 5.79. The van der Waals surface area contributed by atoms with Gasteiger partial charge in [0.1, 0.15) is 11.8 Å². The number of carbonyl (C=O) groups is 3. The molecule has 8 nitrogen and oxygen atoms in total. The zero-order chi connectivity index (χ0) is 24.8. The highest BCUT2D eigenvalue weighted by molar-refractivity contribution is 7.85. The van der Waals surface area contributed by atoms with Crippen molar-refractivity contribution in [2.24, 2.45) is 0 Å². The number of benzene rings is 2. The summed E-state index contributed by atoms with van der Waals surface area (Å²) < 4.78 is 17.9. The van der Waals surface area contributed by atoms with E-state index in [1.807, 2.05) is 30.3 Å². The van der Waals surface area contributed by atoms with Gasteiger partial charge in [-0.1, -0.05) is 30.3 Å². The molecule has 35 heavy (non-hydrogen) atoms. The van der Waals surface area contributed by atoms with Crippen LogP contribution in [0.5, 0.6) is 5.75 Å². The van der Waals surface area contributed by atoms with Gasteiger partial charge in [-0.2, -0.15) is 0 Å². The lowest BCUT2D eigenvalue weighted by Crippen LogP contribution is -2.53. The average molecular weight is 498 g/mol. The fraction of sp³-hybridized carbons (Fsp3) is 0.423. The van der Waals surface area contributed by atoms with E-state index in [0.717, 1.165) is 12.0 Å². The number of amides is 3. The molecule has 3 atom stereocenters. The quantitative estimate of drug-likeness (QED) is 0.605. The van der Waals surface area contributed by atoms with Crippen molar-refractivity contribution in [3.63, 3.8) is 0 Å². The van der Waals surface area contributed by atoms with Crippen molar-refractivity contribution in [3.05, 3.63) is 60.2 Å². The highest BCUT2D eigenvalue weighted by atomic mass is 32.2. The van der Waals surface area contributed by atoms with E-state index in [0.29, 0.717) is 49.5 Å². The number of hydrogen-bond acceptors (Lipinski definition) is 5. The normalized spacial score (nSPS) is 20.5. The van der Waals surface area contributed by atoms with E-state index in [4.69, 9.17) is 4.74 Å². The van der Waals surface area contributed by atoms with Crippen LogP contribution in [-0.4, -0.2) is 69.8 Å². The molecule has 2 aromatic carbocycles. The minimum absolute atomic E-state index is 0.146. The first kappa shape index (κ1) is 24.9. The van der Waals surface area contributed by atoms with Gasteiger partial charge in [0.25, 0.3) is 0 Å². The Balaban J connectivity index is 1.36. The molecule has 2 heterocycles. The smallest absolute Gasteiger partial charge is 0.318 e. The molecule has 1 unspecified atom stereocenters. The van der Waals surface area contributed by atoms with Crippen molar-refractivity contribution >= 4 is 28.5 Å². The Labute approximate surface area is 208 Å². The Hall–Kier alpha value is -3.20. The summed E-state index contributed by atoms with van der Waals surface area (Å²) in [6, 6.07) is 15.0. The van der Waals surface area contributed by atoms with Gasteiger partial charge >= 0.3 is 6.03 Å². The maximum Gasteiger partial charge on any atom is 0.318 e. The van der Waals surface area contributed by atoms with Gasteiger partial charge in [-0.25, -0.2) is 4.79 Å². The summed E-state index contributed by atoms with van der Waals surface area (Å²) in [6.45, 7) is 1.37. The molecule has 0 bridgehead atoms. The van der Waals surface area contributed by atoms with Crippen LogP contribution < -0.4 is 10.1 Å². The molecule has 186 valence electrons. The number of urea groups is 1. The van der Waals surface area contributed by atoms with E-state index in [9.17, 15) is 18.6 Å². The number of ketones is 1. The number of nitrogens with zero attached hydrogens (tertiary/aromatic N) is 2. The van der Waals surface area contributed by atoms with Gasteiger partial charge in [0, 0.05) is 24.5 Å². The molecule has 4 rings (SSSR count). The number of carbonyl (C=O) groups excluding carboxylic acids is 3. The summed E-state index contributed by atoms with van der Waals surface area (Å²) in [5.74, 6) is 0.109. The van der Waals surface area contributed by atoms with Crippen molar-refractivity contribution in [3.8, 4) is 5.75 Å². The van der Waals surface area contributed by atoms with Gasteiger partial charge in [-0.3, -0.25) is 13.8 Å². The third kappa shape index (κ3) is 5.90. The molecule has 2 fully saturated rings. The number of likely N-dealkylation sites (tertiary alicyclic amines) is 2. The fourth-order valence-electron chi connectivity index (χ4n) is 4.73. The largest absolute Gasteiger partial charge is 0.497 e. The number of Topliss-reactive ketones (excluding diaryl/α,β-unsaturated/α-hetero) is 1. The Morgan fingerprint density at radius 1 is 0.943 bits per heavy atom. The molecular weight excluding hydrogens is 466 g/mol. The molecule has 9 heteroatoms. The molecule has 2 aliphatic rings. The summed E-state index contributed by atoms with van der Waals surface area (Å²) in [5.41, 5.74) is 0.984. The summed E-state index contributed by atoms with van der Waals surface area (Å²) in [5, 5.41) is 2.90. The standard InChI is InChI=1S/C26H31N3O5S/c1-34-20-11-13-21(14-12-20)35(33)18-24(30)22-9-5-15-28(22)25(31)23-10-6-16-29(23)26(32)27-17-19-7-3-2-4-8-19/h2-4,7-8,11-14,22-23H,5-6,9-10,15-18H2,1H3,(H,27,32)/t22-,23-,35?/m0/s1. The van der Waals surface area contributed by atoms with E-state index in [1.54, 1.807) is 41.2 Å². The van der Waals surface area contributed by atoms with Crippen LogP contribution in [0.2, 0.25) is 0 Å². The molecule has 0 radical (unpaired) electrons. The second kappa shape index (κ2) is 11.5. The topological polar surface area (TPSA) is 96.0 Å². The number of rotatable bonds is 8. The molecule has 3 amide bonds. The molecular formula is C26H31N3O5S. The van der Waals surface area contributed by atoms with Crippen molar-refractivity contribution in [1.29, 1.82) is 0 Å². The lowest BCUT2D eigenvalue weighted by Gasteiger charge is -2.31. The van der Waals surface area contributed by atoms with Crippen molar-refractivity contribution < 1.29 is 23.3 Å². The molecule has 2 aromatic rings. The Morgan fingerprint density at radius 2 is 1.60 bits per heavy atom. The molecule has 0 aliphatic carbocycles. The van der Waals surface area contributed by atoms with Crippen molar-refractivity contribution in [2.75, 3.05) is 26.0 Å². The number of nitrogens with one attached hydrogen (secondary N) is 1. The van der Waals surface area contributed by atoms with Crippen LogP contribution in [0.25, 0.3) is 0 Å². The molecule has 0 aromatic heterocycles. The lowest BCUT2D eigenvalue weighted by molar-refractivity contribution is -0.139. The number of methoxy groups -OCH3 is 1. The minimum atomic E-state index is -1.50. The van der Waals surface area contributed by atoms with Crippen LogP contribution in [0.4, 0.5) is 4.79 Å². The average Bonchev–Trinajstić information content (AvgIpc) is 3.58. The lowest BCUT2D eigenvalue weighted by atomic mass is 10.1. The van der Waals surface area contributed by atoms with Gasteiger partial charge in [0.05, 0.1) is 29.7 Å². The second-order valence-corrected chi connectivity index (χ2v) is 10.3. The van der Waals surface area contributed by atoms with Gasteiger partial charge < -0.3 is 19.9 Å². The van der Waals surface area contributed by atoms with E-state index < -0.39 is 22.9 Å². The highest BCUT2D eigenvalue weighted by Gasteiger charge is 2.42. The van der Waals surface area contributed by atoms with Crippen LogP contribution >= 0.6 is 0 Å². The monoisotopic (exact) mass is 497 g/mol. The summed E-state index contributed by atoms with van der Waals surface area (Å²) in [6.07, 6.45) is 2.58. The van der Waals surface area contributed by atoms with E-state index in [2.05, 4.69) is 5.32 Å². The van der Waals surface area contributed by atoms with E-state index in [-0.39, 0.29) is 23.5 Å². The summed E-state index contributed by atoms with van der Waals surface area (Å²) in [7, 11) is 0.0524. The zero-order valence-electron chi connectivity index (χ0n) is 19.9. The Bertz CT molecular complexity index is 1080. The predicted octanol–water partition coefficient (Wildman–Crippen LogP) is 2.74. The highest BCUT2D eigenvalue weighted by Crippen LogP contribution is 2.26. The number of ether oxygens (including phenoxy) is 1. The molecule has 1 N–H and O–H groups in total. The first-order chi connectivity index (χ1) is 17.0. The SMILES string of the molecule is COc1ccc(S(=O)CC(=O)[C@@H]2CCCN2C(=O)[C@@H]2CCCN2C(=O)NCc2ccccc2)cc1. The van der Waals surface area contributed by atoms with Crippen molar-refractivity contribution in [2.45, 2.75) is 49.2 Å². The van der Waals surface area contributed by atoms with Crippen LogP contribution in [0.3, 0.4) is 0 Å². The Kier molecular flexibility index (Phi) is 8.17. The van der Waals surface area contributed by atoms with Crippen molar-refractivity contribution in [1.82, 2.24) is 15.1 Å². The minimum Gasteiger partial charge on any atom is -0.497 e. The third-order valence-electron chi connectivity index (χ3n) is 6.59. The summed E-state index contributed by atoms with van der Waals surface area (Å²) in [4.78, 5) is 43.1. The van der Waals surface area contributed by atoms with Crippen LogP contribution in [0, 0.1) is 0 Å². The predicted molar refractivity (Wildman–Crippen MR) is 132 cm³/mol. The molecule has 0 spiro atoms. The maximum atomic E-state index is 13.4. The first-order valence-electron chi connectivity index (χ1n) is 11.9. The van der Waals surface area contributed by atoms with Gasteiger partial charge in [-0.05, 0) is 55.5 Å². The van der Waals surface area contributed by atoms with Gasteiger partial charge in [0.15, 0.2) is 5.78 Å². The van der Waals surface area contributed by atoms with E-state index in [1.165, 1.54) is 0 Å². The van der Waals surface area contributed by atoms with E-state index >= 15 is 0 Å². The van der Waals surface area contributed by atoms with Crippen LogP contribution in [-0.2, 0) is 26.9 Å². The summed E-state index contributed by atoms with van der Waals surface area (Å²) >= 11 is 0. The van der Waals surface area contributed by atoms with Crippen LogP contribution in [0.15, 0.2) is 59.5 Å². The Morgan fingerprint density at radius 3 is 2.29 bits per heavy atom. The second-order valence-electron chi connectivity index (χ2n) is 8.82. The third-order valence-corrected chi connectivity index (χ3v) is 7.93. The first-order valence-corrected chi connectivity index (χ1v) is 13.2. The maximum absolute atomic E-state index is 13.4. The van der Waals surface area contributed by atoms with Gasteiger partial charge in [0.2, 0.25) is 5.91 Å². The zero-order valence-corrected chi connectivity index (χ0v) is 20.7. The van der Waals surface area contributed by atoms with Crippen LogP contribution in [0.1, 0.15) is 31.2 Å².